The molecule has 4 rings (SSSR count). The zero-order chi connectivity index (χ0) is 19.9. The number of hydrogen-bond donors (Lipinski definition) is 0. The monoisotopic (exact) mass is 418 g/mol. The highest BCUT2D eigenvalue weighted by atomic mass is 32.2. The van der Waals surface area contributed by atoms with Gasteiger partial charge in [-0.1, -0.05) is 12.1 Å². The van der Waals surface area contributed by atoms with Crippen molar-refractivity contribution in [1.29, 1.82) is 0 Å². The Bertz CT molecular complexity index is 1240. The van der Waals surface area contributed by atoms with E-state index in [0.29, 0.717) is 10.7 Å². The summed E-state index contributed by atoms with van der Waals surface area (Å²) < 4.78 is 30.6. The zero-order valence-electron chi connectivity index (χ0n) is 15.2. The summed E-state index contributed by atoms with van der Waals surface area (Å²) in [5.74, 6) is -0.770. The summed E-state index contributed by atoms with van der Waals surface area (Å²) >= 11 is 1.50. The van der Waals surface area contributed by atoms with Crippen LogP contribution in [0.4, 0.5) is 0 Å². The Morgan fingerprint density at radius 3 is 2.79 bits per heavy atom. The van der Waals surface area contributed by atoms with Crippen LogP contribution in [0.1, 0.15) is 39.5 Å². The molecule has 0 saturated heterocycles. The largest absolute Gasteiger partial charge is 0.456 e. The number of hydrogen-bond acceptors (Lipinski definition) is 7. The fourth-order valence-electron chi connectivity index (χ4n) is 3.39. The van der Waals surface area contributed by atoms with Gasteiger partial charge in [-0.15, -0.1) is 11.3 Å². The molecule has 0 fully saturated rings. The molecule has 28 heavy (non-hydrogen) atoms. The fourth-order valence-corrected chi connectivity index (χ4v) is 5.50. The van der Waals surface area contributed by atoms with E-state index in [4.69, 9.17) is 4.74 Å². The minimum Gasteiger partial charge on any atom is -0.456 e. The molecule has 0 atom stereocenters. The predicted octanol–water partition coefficient (Wildman–Crippen LogP) is 2.40. The number of ether oxygens (including phenoxy) is 1. The van der Waals surface area contributed by atoms with Gasteiger partial charge in [0, 0.05) is 22.9 Å². The first-order chi connectivity index (χ1) is 13.3. The fraction of sp³-hybridized carbons (Fsp3) is 0.316. The molecule has 9 heteroatoms. The number of benzene rings is 1. The van der Waals surface area contributed by atoms with Crippen LogP contribution in [-0.2, 0) is 34.0 Å². The van der Waals surface area contributed by atoms with E-state index < -0.39 is 15.8 Å². The number of aromatic nitrogens is 2. The van der Waals surface area contributed by atoms with Gasteiger partial charge < -0.3 is 4.74 Å². The summed E-state index contributed by atoms with van der Waals surface area (Å²) in [4.78, 5) is 31.1. The second-order valence-corrected chi connectivity index (χ2v) is 9.77. The molecule has 1 aliphatic rings. The summed E-state index contributed by atoms with van der Waals surface area (Å²) in [5.41, 5.74) is 1.16. The molecule has 1 aliphatic carbocycles. The summed E-state index contributed by atoms with van der Waals surface area (Å²) in [6, 6.07) is 7.24. The van der Waals surface area contributed by atoms with E-state index in [9.17, 15) is 18.0 Å². The lowest BCUT2D eigenvalue weighted by molar-refractivity contribution is 0.0463. The number of nitrogens with zero attached hydrogens (tertiary/aromatic N) is 2. The molecule has 0 unspecified atom stereocenters. The molecule has 3 aromatic rings. The Morgan fingerprint density at radius 2 is 2.00 bits per heavy atom. The molecule has 1 aromatic carbocycles. The molecule has 7 nitrogen and oxygen atoms in total. The maximum absolute atomic E-state index is 12.5. The van der Waals surface area contributed by atoms with E-state index in [0.717, 1.165) is 37.6 Å². The van der Waals surface area contributed by atoms with Crippen molar-refractivity contribution >= 4 is 32.1 Å². The van der Waals surface area contributed by atoms with E-state index in [1.165, 1.54) is 34.4 Å². The van der Waals surface area contributed by atoms with Gasteiger partial charge >= 0.3 is 5.97 Å². The van der Waals surface area contributed by atoms with Crippen molar-refractivity contribution in [3.63, 3.8) is 0 Å². The molecule has 0 N–H and O–H groups in total. The standard InChI is InChI=1S/C19H18N2O5S2/c1-28(24,25)16-9-5-2-6-13(16)18(23)26-11-12-10-17(22)21-14-7-3-4-8-15(14)27-19(21)20-12/h2,5-6,9-10H,3-4,7-8,11H2,1H3. The second-order valence-electron chi connectivity index (χ2n) is 6.73. The quantitative estimate of drug-likeness (QED) is 0.604. The Hall–Kier alpha value is -2.52. The van der Waals surface area contributed by atoms with Gasteiger partial charge in [-0.2, -0.15) is 0 Å². The van der Waals surface area contributed by atoms with Gasteiger partial charge in [0.1, 0.15) is 6.61 Å². The third-order valence-electron chi connectivity index (χ3n) is 4.67. The van der Waals surface area contributed by atoms with E-state index >= 15 is 0 Å². The van der Waals surface area contributed by atoms with Crippen LogP contribution in [0.5, 0.6) is 0 Å². The lowest BCUT2D eigenvalue weighted by Gasteiger charge is -2.10. The number of thiazole rings is 1. The van der Waals surface area contributed by atoms with Crippen LogP contribution in [0.3, 0.4) is 0 Å². The van der Waals surface area contributed by atoms with Crippen LogP contribution in [0.2, 0.25) is 0 Å². The maximum Gasteiger partial charge on any atom is 0.339 e. The molecule has 146 valence electrons. The number of carbonyl (C=O) groups is 1. The van der Waals surface area contributed by atoms with Crippen LogP contribution < -0.4 is 5.56 Å². The molecule has 0 amide bonds. The van der Waals surface area contributed by atoms with Crippen LogP contribution in [0.15, 0.2) is 40.0 Å². The lowest BCUT2D eigenvalue weighted by Crippen LogP contribution is -2.19. The molecular formula is C19H18N2O5S2. The van der Waals surface area contributed by atoms with Crippen molar-refractivity contribution in [3.05, 3.63) is 62.5 Å². The van der Waals surface area contributed by atoms with Crippen molar-refractivity contribution in [1.82, 2.24) is 9.38 Å². The van der Waals surface area contributed by atoms with Crippen LogP contribution in [0.25, 0.3) is 4.96 Å². The van der Waals surface area contributed by atoms with Gasteiger partial charge in [-0.25, -0.2) is 18.2 Å². The summed E-state index contributed by atoms with van der Waals surface area (Å²) in [6.45, 7) is -0.203. The first-order valence-electron chi connectivity index (χ1n) is 8.84. The van der Waals surface area contributed by atoms with Crippen LogP contribution >= 0.6 is 11.3 Å². The molecule has 2 aromatic heterocycles. The van der Waals surface area contributed by atoms with E-state index in [1.807, 2.05) is 0 Å². The highest BCUT2D eigenvalue weighted by Crippen LogP contribution is 2.28. The lowest BCUT2D eigenvalue weighted by atomic mass is 10.0. The zero-order valence-corrected chi connectivity index (χ0v) is 16.8. The van der Waals surface area contributed by atoms with Gasteiger partial charge in [0.05, 0.1) is 16.2 Å². The smallest absolute Gasteiger partial charge is 0.339 e. The number of esters is 1. The predicted molar refractivity (Wildman–Crippen MR) is 105 cm³/mol. The Kier molecular flexibility index (Phi) is 4.80. The number of rotatable bonds is 4. The van der Waals surface area contributed by atoms with E-state index in [1.54, 1.807) is 16.5 Å². The van der Waals surface area contributed by atoms with Gasteiger partial charge in [0.15, 0.2) is 14.8 Å². The van der Waals surface area contributed by atoms with Gasteiger partial charge in [-0.3, -0.25) is 9.20 Å². The third kappa shape index (κ3) is 3.47. The number of carbonyl (C=O) groups excluding carboxylic acids is 1. The summed E-state index contributed by atoms with van der Waals surface area (Å²) in [7, 11) is -3.57. The molecule has 0 bridgehead atoms. The number of sulfone groups is 1. The molecule has 0 radical (unpaired) electrons. The number of fused-ring (bicyclic) bond motifs is 3. The minimum absolute atomic E-state index is 0.0330. The third-order valence-corrected chi connectivity index (χ3v) is 6.97. The van der Waals surface area contributed by atoms with E-state index in [2.05, 4.69) is 4.98 Å². The molecule has 0 saturated carbocycles. The highest BCUT2D eigenvalue weighted by Gasteiger charge is 2.21. The first kappa shape index (κ1) is 18.8. The van der Waals surface area contributed by atoms with Crippen molar-refractivity contribution < 1.29 is 17.9 Å². The van der Waals surface area contributed by atoms with Crippen molar-refractivity contribution in [2.24, 2.45) is 0 Å². The Morgan fingerprint density at radius 1 is 1.25 bits per heavy atom. The van der Waals surface area contributed by atoms with Crippen molar-refractivity contribution in [2.75, 3.05) is 6.26 Å². The highest BCUT2D eigenvalue weighted by molar-refractivity contribution is 7.90. The molecular weight excluding hydrogens is 400 g/mol. The molecule has 0 aliphatic heterocycles. The maximum atomic E-state index is 12.5. The number of aryl methyl sites for hydroxylation is 2. The second kappa shape index (κ2) is 7.14. The average molecular weight is 418 g/mol. The molecule has 0 spiro atoms. The topological polar surface area (TPSA) is 94.8 Å². The van der Waals surface area contributed by atoms with Crippen LogP contribution in [0, 0.1) is 0 Å². The summed E-state index contributed by atoms with van der Waals surface area (Å²) in [5, 5.41) is 0. The van der Waals surface area contributed by atoms with Gasteiger partial charge in [0.2, 0.25) is 0 Å². The Balaban J connectivity index is 1.60. The average Bonchev–Trinajstić information content (AvgIpc) is 3.04. The van der Waals surface area contributed by atoms with Crippen molar-refractivity contribution in [2.45, 2.75) is 37.2 Å². The van der Waals surface area contributed by atoms with Crippen LogP contribution in [-0.4, -0.2) is 30.0 Å². The van der Waals surface area contributed by atoms with Gasteiger partial charge in [0.25, 0.3) is 5.56 Å². The minimum atomic E-state index is -3.57. The normalized spacial score (nSPS) is 14.0. The van der Waals surface area contributed by atoms with Gasteiger partial charge in [-0.05, 0) is 37.8 Å². The molecule has 2 heterocycles. The van der Waals surface area contributed by atoms with E-state index in [-0.39, 0.29) is 22.6 Å². The SMILES string of the molecule is CS(=O)(=O)c1ccccc1C(=O)OCc1cc(=O)n2c3c(sc2n1)CCCC3. The first-order valence-corrected chi connectivity index (χ1v) is 11.5. The Labute approximate surface area is 165 Å². The summed E-state index contributed by atoms with van der Waals surface area (Å²) in [6.07, 6.45) is 5.03. The van der Waals surface area contributed by atoms with Crippen molar-refractivity contribution in [3.8, 4) is 0 Å².